The van der Waals surface area contributed by atoms with Gasteiger partial charge in [-0.15, -0.1) is 0 Å². The van der Waals surface area contributed by atoms with Crippen LogP contribution in [-0.2, 0) is 0 Å². The summed E-state index contributed by atoms with van der Waals surface area (Å²) in [5, 5.41) is 38.3. The van der Waals surface area contributed by atoms with Gasteiger partial charge in [0.25, 0.3) is 0 Å². The van der Waals surface area contributed by atoms with Crippen molar-refractivity contribution in [3.63, 3.8) is 0 Å². The van der Waals surface area contributed by atoms with Crippen LogP contribution < -0.4 is 20.9 Å². The highest BCUT2D eigenvalue weighted by Crippen LogP contribution is 2.36. The summed E-state index contributed by atoms with van der Waals surface area (Å²) in [6, 6.07) is 27.7. The Morgan fingerprint density at radius 2 is 1.36 bits per heavy atom. The predicted molar refractivity (Wildman–Crippen MR) is 228 cm³/mol. The van der Waals surface area contributed by atoms with E-state index in [4.69, 9.17) is 15.2 Å². The lowest BCUT2D eigenvalue weighted by molar-refractivity contribution is 0.143. The molecule has 5 aromatic rings. The zero-order valence-corrected chi connectivity index (χ0v) is 33.5. The van der Waals surface area contributed by atoms with Gasteiger partial charge < -0.3 is 26.0 Å². The number of nitriles is 2. The van der Waals surface area contributed by atoms with Crippen molar-refractivity contribution in [1.29, 1.82) is 10.5 Å². The number of anilines is 2. The first-order valence-corrected chi connectivity index (χ1v) is 20.1. The second kappa shape index (κ2) is 18.4. The number of nitrogens with one attached hydrogen (secondary N) is 3. The summed E-state index contributed by atoms with van der Waals surface area (Å²) in [6.07, 6.45) is 7.24. The average Bonchev–Trinajstić information content (AvgIpc) is 3.87. The Morgan fingerprint density at radius 1 is 0.759 bits per heavy atom. The van der Waals surface area contributed by atoms with Crippen LogP contribution in [0, 0.1) is 59.2 Å². The summed E-state index contributed by atoms with van der Waals surface area (Å²) in [6.45, 7) is 12.5. The van der Waals surface area contributed by atoms with Crippen molar-refractivity contribution in [2.75, 3.05) is 56.0 Å². The summed E-state index contributed by atoms with van der Waals surface area (Å²) < 4.78 is 0. The van der Waals surface area contributed by atoms with Gasteiger partial charge in [0, 0.05) is 48.7 Å². The molecule has 5 heterocycles. The molecule has 0 unspecified atom stereocenters. The van der Waals surface area contributed by atoms with E-state index in [1.165, 1.54) is 18.4 Å². The minimum Gasteiger partial charge on any atom is -0.378 e. The molecule has 2 aromatic heterocycles. The maximum absolute atomic E-state index is 9.90. The van der Waals surface area contributed by atoms with Crippen LogP contribution in [0.2, 0.25) is 0 Å². The smallest absolute Gasteiger partial charge is 0.225 e. The zero-order valence-electron chi connectivity index (χ0n) is 33.5. The Morgan fingerprint density at radius 3 is 1.95 bits per heavy atom. The van der Waals surface area contributed by atoms with Crippen molar-refractivity contribution in [1.82, 2.24) is 30.6 Å². The predicted octanol–water partition coefficient (Wildman–Crippen LogP) is 6.59. The molecule has 3 aliphatic rings. The van der Waals surface area contributed by atoms with E-state index in [1.807, 2.05) is 42.6 Å². The first kappa shape index (κ1) is 40.1. The molecule has 11 heteroatoms. The van der Waals surface area contributed by atoms with Gasteiger partial charge in [-0.3, -0.25) is 0 Å². The van der Waals surface area contributed by atoms with Gasteiger partial charge in [-0.1, -0.05) is 65.9 Å². The number of hydrogen-bond donors (Lipinski definition) is 4. The number of aryl methyl sites for hydroxylation is 1. The van der Waals surface area contributed by atoms with Crippen LogP contribution in [0.15, 0.2) is 85.2 Å². The molecule has 3 saturated heterocycles. The second-order valence-electron chi connectivity index (χ2n) is 15.9. The number of rotatable bonds is 7. The lowest BCUT2D eigenvalue weighted by Crippen LogP contribution is -2.25. The molecule has 8 rings (SSSR count). The fourth-order valence-corrected chi connectivity index (χ4v) is 7.67. The van der Waals surface area contributed by atoms with E-state index in [1.54, 1.807) is 32.2 Å². The third kappa shape index (κ3) is 10.2. The summed E-state index contributed by atoms with van der Waals surface area (Å²) in [7, 11) is 0. The molecule has 0 aliphatic carbocycles. The molecule has 3 atom stereocenters. The average molecular weight is 771 g/mol. The van der Waals surface area contributed by atoms with E-state index in [0.717, 1.165) is 86.1 Å². The maximum Gasteiger partial charge on any atom is 0.225 e. The third-order valence-corrected chi connectivity index (χ3v) is 11.0. The lowest BCUT2D eigenvalue weighted by Gasteiger charge is -2.19. The Labute approximate surface area is 341 Å². The summed E-state index contributed by atoms with van der Waals surface area (Å²) in [4.78, 5) is 21.3. The highest BCUT2D eigenvalue weighted by Gasteiger charge is 2.34. The first-order valence-electron chi connectivity index (χ1n) is 20.1. The van der Waals surface area contributed by atoms with Crippen LogP contribution in [0.1, 0.15) is 55.4 Å². The van der Waals surface area contributed by atoms with Crippen molar-refractivity contribution >= 4 is 11.9 Å². The standard InChI is InChI=1S/C26H27N5.C21H23N5O/c1-18-2-6-20(7-3-18)24-15-29-26(30-25(24)21-8-4-19(14-27)5-9-21)31-16-22-10-12-28-13-11-23(22)17-31;1-21(2,27)9-7-18-14-25-20(24-13-16-8-10-23-12-16)26-19(18)17-5-3-15(11-22)4-6-17/h2-9,15,22-23,28H,10-13,16-17H2,1H3;3-6,14,16,23,27H,8,10,12-13H2,1-2H3,(H,24,25,26)/t22-,23+;16-/m.0/s1. The molecule has 0 radical (unpaired) electrons. The molecule has 0 amide bonds. The van der Waals surface area contributed by atoms with Crippen molar-refractivity contribution in [2.24, 2.45) is 17.8 Å². The first-order chi connectivity index (χ1) is 28.2. The number of fused-ring (bicyclic) bond motifs is 1. The fraction of sp³-hybridized carbons (Fsp3) is 0.362. The van der Waals surface area contributed by atoms with Gasteiger partial charge in [-0.2, -0.15) is 10.5 Å². The van der Waals surface area contributed by atoms with Gasteiger partial charge in [0.1, 0.15) is 5.60 Å². The van der Waals surface area contributed by atoms with Crippen molar-refractivity contribution in [2.45, 2.75) is 45.6 Å². The molecule has 11 nitrogen and oxygen atoms in total. The lowest BCUT2D eigenvalue weighted by atomic mass is 9.92. The van der Waals surface area contributed by atoms with Crippen molar-refractivity contribution in [3.8, 4) is 57.6 Å². The number of aromatic nitrogens is 4. The monoisotopic (exact) mass is 770 g/mol. The summed E-state index contributed by atoms with van der Waals surface area (Å²) in [5.41, 5.74) is 7.59. The topological polar surface area (TPSA) is 159 Å². The normalized spacial score (nSPS) is 18.7. The molecule has 0 bridgehead atoms. The molecule has 4 N–H and O–H groups in total. The van der Waals surface area contributed by atoms with Crippen LogP contribution in [-0.4, -0.2) is 76.5 Å². The van der Waals surface area contributed by atoms with Crippen LogP contribution >= 0.6 is 0 Å². The molecular weight excluding hydrogens is 721 g/mol. The molecule has 58 heavy (non-hydrogen) atoms. The molecule has 0 saturated carbocycles. The van der Waals surface area contributed by atoms with Crippen molar-refractivity contribution < 1.29 is 5.11 Å². The van der Waals surface area contributed by atoms with E-state index < -0.39 is 5.60 Å². The number of hydrogen-bond acceptors (Lipinski definition) is 11. The molecule has 3 aliphatic heterocycles. The molecule has 3 fully saturated rings. The highest BCUT2D eigenvalue weighted by molar-refractivity contribution is 5.81. The zero-order chi connectivity index (χ0) is 40.5. The minimum atomic E-state index is -1.10. The summed E-state index contributed by atoms with van der Waals surface area (Å²) >= 11 is 0. The number of nitrogens with zero attached hydrogens (tertiary/aromatic N) is 7. The Balaban J connectivity index is 0.000000179. The van der Waals surface area contributed by atoms with Gasteiger partial charge >= 0.3 is 0 Å². The van der Waals surface area contributed by atoms with Gasteiger partial charge in [-0.05, 0) is 114 Å². The van der Waals surface area contributed by atoms with Crippen LogP contribution in [0.4, 0.5) is 11.9 Å². The SMILES string of the molecule is CC(C)(O)C#Cc1cnc(NC[C@H]2CCNC2)nc1-c1ccc(C#N)cc1.Cc1ccc(-c2cnc(N3C[C@H]4CCNCC[C@H]4C3)nc2-c2ccc(C#N)cc2)cc1. The van der Waals surface area contributed by atoms with Crippen LogP contribution in [0.25, 0.3) is 33.6 Å². The Hall–Kier alpha value is -6.16. The van der Waals surface area contributed by atoms with Gasteiger partial charge in [-0.25, -0.2) is 19.9 Å². The van der Waals surface area contributed by atoms with E-state index in [-0.39, 0.29) is 0 Å². The Kier molecular flexibility index (Phi) is 12.7. The second-order valence-corrected chi connectivity index (χ2v) is 15.9. The highest BCUT2D eigenvalue weighted by atomic mass is 16.3. The largest absolute Gasteiger partial charge is 0.378 e. The van der Waals surface area contributed by atoms with Crippen LogP contribution in [0.5, 0.6) is 0 Å². The van der Waals surface area contributed by atoms with Gasteiger partial charge in [0.2, 0.25) is 11.9 Å². The van der Waals surface area contributed by atoms with E-state index >= 15 is 0 Å². The summed E-state index contributed by atoms with van der Waals surface area (Å²) in [5.74, 6) is 9.16. The maximum atomic E-state index is 9.90. The van der Waals surface area contributed by atoms with Crippen molar-refractivity contribution in [3.05, 3.63) is 107 Å². The minimum absolute atomic E-state index is 0.551. The molecule has 294 valence electrons. The fourth-order valence-electron chi connectivity index (χ4n) is 7.67. The Bertz CT molecular complexity index is 2310. The van der Waals surface area contributed by atoms with E-state index in [9.17, 15) is 10.4 Å². The molecule has 0 spiro atoms. The number of benzene rings is 3. The third-order valence-electron chi connectivity index (χ3n) is 11.0. The number of aliphatic hydroxyl groups is 1. The molecule has 3 aromatic carbocycles. The molecular formula is C47H50N10O. The van der Waals surface area contributed by atoms with Gasteiger partial charge in [0.15, 0.2) is 0 Å². The van der Waals surface area contributed by atoms with Crippen LogP contribution in [0.3, 0.4) is 0 Å². The quantitative estimate of drug-likeness (QED) is 0.132. The van der Waals surface area contributed by atoms with E-state index in [2.05, 4.69) is 86.0 Å². The van der Waals surface area contributed by atoms with Gasteiger partial charge in [0.05, 0.1) is 40.2 Å². The van der Waals surface area contributed by atoms with E-state index in [0.29, 0.717) is 46.1 Å².